The van der Waals surface area contributed by atoms with E-state index in [0.717, 1.165) is 22.4 Å². The van der Waals surface area contributed by atoms with Crippen LogP contribution < -0.4 is 11.1 Å². The van der Waals surface area contributed by atoms with Crippen molar-refractivity contribution in [1.29, 1.82) is 0 Å². The molecule has 2 aromatic rings. The maximum Gasteiger partial charge on any atom is 0.245 e. The highest BCUT2D eigenvalue weighted by Crippen LogP contribution is 2.29. The number of amides is 1. The first-order valence-electron chi connectivity index (χ1n) is 7.51. The highest BCUT2D eigenvalue weighted by Gasteiger charge is 2.21. The van der Waals surface area contributed by atoms with Crippen molar-refractivity contribution in [2.45, 2.75) is 39.2 Å². The number of anilines is 1. The molecule has 0 spiro atoms. The Bertz CT molecular complexity index is 660. The van der Waals surface area contributed by atoms with E-state index in [1.807, 2.05) is 55.5 Å². The molecular weight excluding hydrogens is 308 g/mol. The molecule has 2 aromatic carbocycles. The van der Waals surface area contributed by atoms with E-state index in [4.69, 9.17) is 5.73 Å². The molecule has 0 fully saturated rings. The number of halogens is 1. The lowest BCUT2D eigenvalue weighted by Gasteiger charge is -2.23. The second-order valence-electron chi connectivity index (χ2n) is 6.67. The van der Waals surface area contributed by atoms with Crippen LogP contribution in [0.25, 0.3) is 0 Å². The summed E-state index contributed by atoms with van der Waals surface area (Å²) < 4.78 is 0. The molecule has 4 heteroatoms. The number of para-hydroxylation sites is 1. The number of hydrogen-bond donors (Lipinski definition) is 2. The number of aryl methyl sites for hydroxylation is 1. The molecule has 1 amide bonds. The minimum atomic E-state index is -0.673. The van der Waals surface area contributed by atoms with E-state index >= 15 is 0 Å². The zero-order valence-corrected chi connectivity index (χ0v) is 14.9. The van der Waals surface area contributed by atoms with Gasteiger partial charge in [-0.1, -0.05) is 68.8 Å². The average molecular weight is 333 g/mol. The minimum Gasteiger partial charge on any atom is -0.324 e. The fourth-order valence-electron chi connectivity index (χ4n) is 2.38. The van der Waals surface area contributed by atoms with Gasteiger partial charge in [0.15, 0.2) is 0 Å². The number of nitrogens with one attached hydrogen (secondary N) is 1. The minimum absolute atomic E-state index is 0. The Labute approximate surface area is 144 Å². The molecule has 0 aliphatic heterocycles. The van der Waals surface area contributed by atoms with Gasteiger partial charge in [0.2, 0.25) is 5.91 Å². The number of hydrogen-bond acceptors (Lipinski definition) is 2. The number of rotatable bonds is 3. The molecule has 1 unspecified atom stereocenters. The van der Waals surface area contributed by atoms with E-state index in [-0.39, 0.29) is 23.7 Å². The van der Waals surface area contributed by atoms with E-state index < -0.39 is 6.04 Å². The Balaban J connectivity index is 0.00000264. The molecule has 3 nitrogen and oxygen atoms in total. The van der Waals surface area contributed by atoms with Crippen LogP contribution in [0, 0.1) is 6.92 Å². The van der Waals surface area contributed by atoms with Crippen LogP contribution in [0.5, 0.6) is 0 Å². The molecule has 0 aliphatic rings. The summed E-state index contributed by atoms with van der Waals surface area (Å²) in [6.07, 6.45) is 0. The molecule has 0 saturated heterocycles. The van der Waals surface area contributed by atoms with Crippen molar-refractivity contribution >= 4 is 24.0 Å². The predicted octanol–water partition coefficient (Wildman–Crippen LogP) is 4.35. The van der Waals surface area contributed by atoms with Crippen molar-refractivity contribution in [2.75, 3.05) is 5.32 Å². The number of nitrogens with two attached hydrogens (primary N) is 1. The predicted molar refractivity (Wildman–Crippen MR) is 99.1 cm³/mol. The Kier molecular flexibility index (Phi) is 6.37. The Hall–Kier alpha value is -1.84. The average Bonchev–Trinajstić information content (AvgIpc) is 2.46. The van der Waals surface area contributed by atoms with Gasteiger partial charge in [-0.05, 0) is 29.5 Å². The zero-order valence-electron chi connectivity index (χ0n) is 14.1. The van der Waals surface area contributed by atoms with E-state index in [1.54, 1.807) is 0 Å². The van der Waals surface area contributed by atoms with Gasteiger partial charge in [-0.15, -0.1) is 12.4 Å². The monoisotopic (exact) mass is 332 g/mol. The lowest BCUT2D eigenvalue weighted by Crippen LogP contribution is -2.29. The van der Waals surface area contributed by atoms with Crippen LogP contribution in [-0.4, -0.2) is 5.91 Å². The standard InChI is InChI=1S/C19H24N2O.ClH/c1-13-9-11-14(12-10-13)17(20)18(22)21-16-8-6-5-7-15(16)19(2,3)4;/h5-12,17H,20H2,1-4H3,(H,21,22);1H. The van der Waals surface area contributed by atoms with Crippen LogP contribution in [0.1, 0.15) is 43.5 Å². The summed E-state index contributed by atoms with van der Waals surface area (Å²) >= 11 is 0. The van der Waals surface area contributed by atoms with E-state index in [1.165, 1.54) is 0 Å². The van der Waals surface area contributed by atoms with Crippen molar-refractivity contribution in [1.82, 2.24) is 0 Å². The molecule has 2 rings (SSSR count). The number of carbonyl (C=O) groups is 1. The SMILES string of the molecule is Cc1ccc(C(N)C(=O)Nc2ccccc2C(C)(C)C)cc1.Cl. The van der Waals surface area contributed by atoms with Crippen molar-refractivity contribution in [3.05, 3.63) is 65.2 Å². The summed E-state index contributed by atoms with van der Waals surface area (Å²) in [5.41, 5.74) is 9.92. The molecule has 124 valence electrons. The molecule has 23 heavy (non-hydrogen) atoms. The third-order valence-corrected chi connectivity index (χ3v) is 3.71. The van der Waals surface area contributed by atoms with Crippen LogP contribution in [0.15, 0.2) is 48.5 Å². The topological polar surface area (TPSA) is 55.1 Å². The van der Waals surface area contributed by atoms with Gasteiger partial charge in [0.25, 0.3) is 0 Å². The van der Waals surface area contributed by atoms with Gasteiger partial charge in [-0.25, -0.2) is 0 Å². The largest absolute Gasteiger partial charge is 0.324 e. The molecular formula is C19H25ClN2O. The highest BCUT2D eigenvalue weighted by atomic mass is 35.5. The molecule has 0 bridgehead atoms. The van der Waals surface area contributed by atoms with Crippen LogP contribution in [0.4, 0.5) is 5.69 Å². The van der Waals surface area contributed by atoms with E-state index in [9.17, 15) is 4.79 Å². The number of benzene rings is 2. The zero-order chi connectivity index (χ0) is 16.3. The van der Waals surface area contributed by atoms with Crippen molar-refractivity contribution < 1.29 is 4.79 Å². The summed E-state index contributed by atoms with van der Waals surface area (Å²) in [5.74, 6) is -0.194. The Morgan fingerprint density at radius 2 is 1.61 bits per heavy atom. The summed E-state index contributed by atoms with van der Waals surface area (Å²) in [7, 11) is 0. The molecule has 1 atom stereocenters. The van der Waals surface area contributed by atoms with Gasteiger partial charge >= 0.3 is 0 Å². The van der Waals surface area contributed by atoms with Crippen LogP contribution >= 0.6 is 12.4 Å². The second-order valence-corrected chi connectivity index (χ2v) is 6.67. The molecule has 0 heterocycles. The van der Waals surface area contributed by atoms with Crippen LogP contribution in [0.2, 0.25) is 0 Å². The summed E-state index contributed by atoms with van der Waals surface area (Å²) in [6.45, 7) is 8.38. The summed E-state index contributed by atoms with van der Waals surface area (Å²) in [4.78, 5) is 12.4. The summed E-state index contributed by atoms with van der Waals surface area (Å²) in [5, 5.41) is 2.97. The van der Waals surface area contributed by atoms with Gasteiger partial charge in [0, 0.05) is 5.69 Å². The third-order valence-electron chi connectivity index (χ3n) is 3.71. The molecule has 0 radical (unpaired) electrons. The molecule has 0 aromatic heterocycles. The van der Waals surface area contributed by atoms with Gasteiger partial charge < -0.3 is 11.1 Å². The normalized spacial score (nSPS) is 12.2. The van der Waals surface area contributed by atoms with Gasteiger partial charge in [0.05, 0.1) is 0 Å². The fraction of sp³-hybridized carbons (Fsp3) is 0.316. The van der Waals surface area contributed by atoms with Gasteiger partial charge in [0.1, 0.15) is 6.04 Å². The van der Waals surface area contributed by atoms with Gasteiger partial charge in [-0.2, -0.15) is 0 Å². The first kappa shape index (κ1) is 19.2. The first-order chi connectivity index (χ1) is 10.3. The smallest absolute Gasteiger partial charge is 0.245 e. The molecule has 3 N–H and O–H groups in total. The Morgan fingerprint density at radius 1 is 1.04 bits per heavy atom. The quantitative estimate of drug-likeness (QED) is 0.877. The maximum absolute atomic E-state index is 12.4. The number of carbonyl (C=O) groups excluding carboxylic acids is 1. The molecule has 0 aliphatic carbocycles. The third kappa shape index (κ3) is 4.81. The van der Waals surface area contributed by atoms with Crippen LogP contribution in [0.3, 0.4) is 0 Å². The van der Waals surface area contributed by atoms with Crippen LogP contribution in [-0.2, 0) is 10.2 Å². The van der Waals surface area contributed by atoms with Gasteiger partial charge in [-0.3, -0.25) is 4.79 Å². The van der Waals surface area contributed by atoms with Crippen molar-refractivity contribution in [2.24, 2.45) is 5.73 Å². The van der Waals surface area contributed by atoms with Crippen molar-refractivity contribution in [3.8, 4) is 0 Å². The van der Waals surface area contributed by atoms with Crippen molar-refractivity contribution in [3.63, 3.8) is 0 Å². The Morgan fingerprint density at radius 3 is 2.17 bits per heavy atom. The lowest BCUT2D eigenvalue weighted by atomic mass is 9.85. The van der Waals surface area contributed by atoms with E-state index in [0.29, 0.717) is 0 Å². The van der Waals surface area contributed by atoms with E-state index in [2.05, 4.69) is 26.1 Å². The second kappa shape index (κ2) is 7.62. The fourth-order valence-corrected chi connectivity index (χ4v) is 2.38. The molecule has 0 saturated carbocycles. The first-order valence-corrected chi connectivity index (χ1v) is 7.51. The summed E-state index contributed by atoms with van der Waals surface area (Å²) in [6, 6.07) is 14.9. The highest BCUT2D eigenvalue weighted by molar-refractivity contribution is 5.96. The lowest BCUT2D eigenvalue weighted by molar-refractivity contribution is -0.117. The maximum atomic E-state index is 12.4.